The molecule has 0 saturated heterocycles. The van der Waals surface area contributed by atoms with Gasteiger partial charge in [-0.2, -0.15) is 0 Å². The van der Waals surface area contributed by atoms with Crippen LogP contribution in [0.3, 0.4) is 0 Å². The summed E-state index contributed by atoms with van der Waals surface area (Å²) >= 11 is 0. The summed E-state index contributed by atoms with van der Waals surface area (Å²) in [5, 5.41) is 3.09. The fourth-order valence-electron chi connectivity index (χ4n) is 3.00. The van der Waals surface area contributed by atoms with Gasteiger partial charge >= 0.3 is 0 Å². The van der Waals surface area contributed by atoms with Gasteiger partial charge in [0.1, 0.15) is 0 Å². The molecule has 0 aliphatic rings. The number of rotatable bonds is 8. The summed E-state index contributed by atoms with van der Waals surface area (Å²) in [4.78, 5) is 12.6. The number of amides is 1. The highest BCUT2D eigenvalue weighted by Crippen LogP contribution is 2.17. The number of unbranched alkanes of at least 4 members (excludes halogenated alkanes) is 1. The lowest BCUT2D eigenvalue weighted by Crippen LogP contribution is -2.40. The van der Waals surface area contributed by atoms with Crippen LogP contribution in [0.2, 0.25) is 0 Å². The van der Waals surface area contributed by atoms with E-state index in [0.717, 1.165) is 42.8 Å². The molecule has 0 spiro atoms. The van der Waals surface area contributed by atoms with Gasteiger partial charge in [0.2, 0.25) is 0 Å². The zero-order valence-corrected chi connectivity index (χ0v) is 15.0. The lowest BCUT2D eigenvalue weighted by atomic mass is 10.1. The predicted molar refractivity (Wildman–Crippen MR) is 99.3 cm³/mol. The molecule has 4 heteroatoms. The normalized spacial score (nSPS) is 12.2. The van der Waals surface area contributed by atoms with Crippen molar-refractivity contribution in [2.75, 3.05) is 6.54 Å². The number of aryl methyl sites for hydroxylation is 1. The van der Waals surface area contributed by atoms with Crippen LogP contribution in [-0.2, 0) is 6.54 Å². The summed E-state index contributed by atoms with van der Waals surface area (Å²) < 4.78 is 2.19. The molecule has 0 radical (unpaired) electrons. The van der Waals surface area contributed by atoms with Crippen molar-refractivity contribution in [1.29, 1.82) is 0 Å². The molecule has 4 nitrogen and oxygen atoms in total. The fraction of sp³-hybridized carbons (Fsp3) is 0.450. The van der Waals surface area contributed by atoms with E-state index in [4.69, 9.17) is 5.73 Å². The third kappa shape index (κ3) is 4.48. The van der Waals surface area contributed by atoms with Gasteiger partial charge in [-0.1, -0.05) is 50.1 Å². The number of hydrogen-bond acceptors (Lipinski definition) is 2. The number of hydrogen-bond donors (Lipinski definition) is 2. The molecule has 1 atom stereocenters. The van der Waals surface area contributed by atoms with Crippen LogP contribution in [-0.4, -0.2) is 23.1 Å². The van der Waals surface area contributed by atoms with Crippen molar-refractivity contribution >= 4 is 5.91 Å². The lowest BCUT2D eigenvalue weighted by Gasteiger charge is -2.16. The molecule has 1 unspecified atom stereocenters. The minimum absolute atomic E-state index is 0.0195. The quantitative estimate of drug-likeness (QED) is 0.780. The van der Waals surface area contributed by atoms with Gasteiger partial charge in [0, 0.05) is 30.5 Å². The Kier molecular flexibility index (Phi) is 6.62. The van der Waals surface area contributed by atoms with Crippen molar-refractivity contribution in [3.05, 3.63) is 58.9 Å². The van der Waals surface area contributed by atoms with E-state index in [0.29, 0.717) is 6.54 Å². The van der Waals surface area contributed by atoms with E-state index in [9.17, 15) is 4.79 Å². The van der Waals surface area contributed by atoms with Crippen LogP contribution in [0.25, 0.3) is 0 Å². The third-order valence-electron chi connectivity index (χ3n) is 4.53. The molecule has 1 aromatic carbocycles. The zero-order chi connectivity index (χ0) is 17.5. The second kappa shape index (κ2) is 8.69. The van der Waals surface area contributed by atoms with Crippen LogP contribution in [0.1, 0.15) is 53.5 Å². The van der Waals surface area contributed by atoms with Gasteiger partial charge < -0.3 is 15.6 Å². The molecule has 0 bridgehead atoms. The Hall–Kier alpha value is -2.07. The summed E-state index contributed by atoms with van der Waals surface area (Å²) in [6, 6.07) is 12.3. The Balaban J connectivity index is 2.13. The predicted octanol–water partition coefficient (Wildman–Crippen LogP) is 3.40. The summed E-state index contributed by atoms with van der Waals surface area (Å²) in [6.07, 6.45) is 3.12. The van der Waals surface area contributed by atoms with Gasteiger partial charge in [-0.05, 0) is 31.9 Å². The van der Waals surface area contributed by atoms with Crippen LogP contribution in [0.15, 0.2) is 36.4 Å². The molecule has 130 valence electrons. The Labute approximate surface area is 145 Å². The summed E-state index contributed by atoms with van der Waals surface area (Å²) in [5.41, 5.74) is 9.87. The second-order valence-corrected chi connectivity index (χ2v) is 6.40. The molecule has 0 aliphatic heterocycles. The van der Waals surface area contributed by atoms with Crippen LogP contribution in [0, 0.1) is 13.8 Å². The monoisotopic (exact) mass is 327 g/mol. The standard InChI is InChI=1S/C20H29N3O/c1-4-5-11-18(13-21)22-20(24)19-12-15(2)23(16(19)3)14-17-9-7-6-8-10-17/h6-10,12,18H,4-5,11,13-14,21H2,1-3H3,(H,22,24). The molecule has 1 heterocycles. The molecule has 1 amide bonds. The van der Waals surface area contributed by atoms with Crippen molar-refractivity contribution in [2.45, 2.75) is 52.6 Å². The average Bonchev–Trinajstić information content (AvgIpc) is 2.87. The molecule has 0 fully saturated rings. The Morgan fingerprint density at radius 2 is 1.96 bits per heavy atom. The van der Waals surface area contributed by atoms with Gasteiger partial charge in [0.05, 0.1) is 5.56 Å². The van der Waals surface area contributed by atoms with E-state index in [2.05, 4.69) is 28.9 Å². The smallest absolute Gasteiger partial charge is 0.253 e. The summed E-state index contributed by atoms with van der Waals surface area (Å²) in [7, 11) is 0. The number of nitrogens with two attached hydrogens (primary N) is 1. The van der Waals surface area contributed by atoms with Gasteiger partial charge in [0.15, 0.2) is 0 Å². The van der Waals surface area contributed by atoms with Crippen LogP contribution in [0.4, 0.5) is 0 Å². The van der Waals surface area contributed by atoms with Crippen molar-refractivity contribution in [1.82, 2.24) is 9.88 Å². The number of nitrogens with one attached hydrogen (secondary N) is 1. The molecule has 0 aliphatic carbocycles. The van der Waals surface area contributed by atoms with E-state index in [1.165, 1.54) is 5.56 Å². The van der Waals surface area contributed by atoms with Crippen LogP contribution < -0.4 is 11.1 Å². The molecular weight excluding hydrogens is 298 g/mol. The maximum absolute atomic E-state index is 12.6. The Morgan fingerprint density at radius 3 is 2.58 bits per heavy atom. The maximum atomic E-state index is 12.6. The zero-order valence-electron chi connectivity index (χ0n) is 15.0. The topological polar surface area (TPSA) is 60.0 Å². The largest absolute Gasteiger partial charge is 0.348 e. The highest BCUT2D eigenvalue weighted by Gasteiger charge is 2.18. The first-order valence-electron chi connectivity index (χ1n) is 8.78. The average molecular weight is 327 g/mol. The number of carbonyl (C=O) groups is 1. The van der Waals surface area contributed by atoms with Crippen LogP contribution >= 0.6 is 0 Å². The molecule has 2 aromatic rings. The number of carbonyl (C=O) groups excluding carboxylic acids is 1. The fourth-order valence-corrected chi connectivity index (χ4v) is 3.00. The van der Waals surface area contributed by atoms with E-state index in [1.807, 2.05) is 38.1 Å². The Bertz CT molecular complexity index is 661. The first-order chi connectivity index (χ1) is 11.6. The minimum Gasteiger partial charge on any atom is -0.348 e. The first-order valence-corrected chi connectivity index (χ1v) is 8.78. The number of nitrogens with zero attached hydrogens (tertiary/aromatic N) is 1. The minimum atomic E-state index is -0.0195. The van der Waals surface area contributed by atoms with E-state index >= 15 is 0 Å². The van der Waals surface area contributed by atoms with Gasteiger partial charge in [-0.3, -0.25) is 4.79 Å². The van der Waals surface area contributed by atoms with Crippen molar-refractivity contribution in [3.8, 4) is 0 Å². The highest BCUT2D eigenvalue weighted by atomic mass is 16.1. The van der Waals surface area contributed by atoms with Gasteiger partial charge in [0.25, 0.3) is 5.91 Å². The van der Waals surface area contributed by atoms with E-state index in [1.54, 1.807) is 0 Å². The van der Waals surface area contributed by atoms with Crippen molar-refractivity contribution in [2.24, 2.45) is 5.73 Å². The Morgan fingerprint density at radius 1 is 1.25 bits per heavy atom. The highest BCUT2D eigenvalue weighted by molar-refractivity contribution is 5.95. The number of aromatic nitrogens is 1. The molecule has 2 rings (SSSR count). The molecule has 1 aromatic heterocycles. The maximum Gasteiger partial charge on any atom is 0.253 e. The van der Waals surface area contributed by atoms with Gasteiger partial charge in [-0.15, -0.1) is 0 Å². The lowest BCUT2D eigenvalue weighted by molar-refractivity contribution is 0.0935. The van der Waals surface area contributed by atoms with Crippen molar-refractivity contribution < 1.29 is 4.79 Å². The molecular formula is C20H29N3O. The second-order valence-electron chi connectivity index (χ2n) is 6.40. The van der Waals surface area contributed by atoms with E-state index < -0.39 is 0 Å². The molecule has 24 heavy (non-hydrogen) atoms. The van der Waals surface area contributed by atoms with E-state index in [-0.39, 0.29) is 11.9 Å². The first kappa shape index (κ1) is 18.3. The number of benzene rings is 1. The molecule has 3 N–H and O–H groups in total. The van der Waals surface area contributed by atoms with Crippen LogP contribution in [0.5, 0.6) is 0 Å². The van der Waals surface area contributed by atoms with Gasteiger partial charge in [-0.25, -0.2) is 0 Å². The SMILES string of the molecule is CCCCC(CN)NC(=O)c1cc(C)n(Cc2ccccc2)c1C. The summed E-state index contributed by atoms with van der Waals surface area (Å²) in [6.45, 7) is 7.46. The molecule has 0 saturated carbocycles. The van der Waals surface area contributed by atoms with Crippen molar-refractivity contribution in [3.63, 3.8) is 0 Å². The summed E-state index contributed by atoms with van der Waals surface area (Å²) in [5.74, 6) is -0.0195. The third-order valence-corrected chi connectivity index (χ3v) is 4.53.